The maximum absolute atomic E-state index is 12.2. The van der Waals surface area contributed by atoms with Gasteiger partial charge >= 0.3 is 5.97 Å². The Bertz CT molecular complexity index is 537. The van der Waals surface area contributed by atoms with Crippen LogP contribution < -0.4 is 4.74 Å². The number of rotatable bonds is 7. The third kappa shape index (κ3) is 4.94. The summed E-state index contributed by atoms with van der Waals surface area (Å²) in [6.07, 6.45) is -0.518. The minimum atomic E-state index is -0.958. The molecule has 7 nitrogen and oxygen atoms in total. The van der Waals surface area contributed by atoms with Crippen molar-refractivity contribution in [2.45, 2.75) is 18.6 Å². The van der Waals surface area contributed by atoms with Crippen LogP contribution in [0.3, 0.4) is 0 Å². The van der Waals surface area contributed by atoms with Crippen molar-refractivity contribution in [2.75, 3.05) is 33.3 Å². The second-order valence-corrected chi connectivity index (χ2v) is 5.65. The number of aliphatic hydroxyl groups excluding tert-OH is 1. The molecule has 1 aliphatic heterocycles. The molecular weight excluding hydrogens is 300 g/mol. The van der Waals surface area contributed by atoms with E-state index in [1.807, 2.05) is 30.3 Å². The zero-order valence-corrected chi connectivity index (χ0v) is 13.1. The lowest BCUT2D eigenvalue weighted by Gasteiger charge is -2.24. The fourth-order valence-electron chi connectivity index (χ4n) is 2.67. The maximum Gasteiger partial charge on any atom is 0.317 e. The van der Waals surface area contributed by atoms with E-state index in [0.717, 1.165) is 0 Å². The Labute approximate surface area is 135 Å². The van der Waals surface area contributed by atoms with Crippen LogP contribution in [-0.2, 0) is 9.59 Å². The summed E-state index contributed by atoms with van der Waals surface area (Å²) < 4.78 is 5.49. The van der Waals surface area contributed by atoms with Crippen molar-refractivity contribution < 1.29 is 24.5 Å². The molecule has 2 rings (SSSR count). The Balaban J connectivity index is 1.78. The van der Waals surface area contributed by atoms with Crippen molar-refractivity contribution >= 4 is 11.9 Å². The summed E-state index contributed by atoms with van der Waals surface area (Å²) in [5, 5.41) is 18.8. The molecule has 126 valence electrons. The molecule has 1 aromatic rings. The Morgan fingerprint density at radius 3 is 2.65 bits per heavy atom. The van der Waals surface area contributed by atoms with E-state index in [1.54, 1.807) is 16.8 Å². The smallest absolute Gasteiger partial charge is 0.317 e. The van der Waals surface area contributed by atoms with E-state index in [1.165, 1.54) is 0 Å². The summed E-state index contributed by atoms with van der Waals surface area (Å²) in [4.78, 5) is 26.0. The first-order valence-electron chi connectivity index (χ1n) is 7.53. The number of aliphatic hydroxyl groups is 1. The summed E-state index contributed by atoms with van der Waals surface area (Å²) in [7, 11) is 1.63. The lowest BCUT2D eigenvalue weighted by Crippen LogP contribution is -2.43. The van der Waals surface area contributed by atoms with Gasteiger partial charge < -0.3 is 19.8 Å². The fourth-order valence-corrected chi connectivity index (χ4v) is 2.67. The number of para-hydroxylation sites is 1. The van der Waals surface area contributed by atoms with Crippen molar-refractivity contribution in [3.8, 4) is 5.75 Å². The Hall–Kier alpha value is -2.12. The molecule has 0 aliphatic carbocycles. The number of nitrogens with zero attached hydrogens (tertiary/aromatic N) is 2. The predicted molar refractivity (Wildman–Crippen MR) is 83.2 cm³/mol. The maximum atomic E-state index is 12.2. The summed E-state index contributed by atoms with van der Waals surface area (Å²) in [6, 6.07) is 8.89. The van der Waals surface area contributed by atoms with Gasteiger partial charge in [0.15, 0.2) is 0 Å². The van der Waals surface area contributed by atoms with Crippen LogP contribution in [0.5, 0.6) is 5.75 Å². The average Bonchev–Trinajstić information content (AvgIpc) is 2.90. The molecule has 0 spiro atoms. The zero-order chi connectivity index (χ0) is 16.8. The van der Waals surface area contributed by atoms with Crippen LogP contribution in [0.1, 0.15) is 6.42 Å². The number of likely N-dealkylation sites (tertiary alicyclic amines) is 1. The number of carboxylic acids is 1. The molecule has 0 radical (unpaired) electrons. The van der Waals surface area contributed by atoms with Gasteiger partial charge in [0.05, 0.1) is 31.7 Å². The molecule has 1 amide bonds. The summed E-state index contributed by atoms with van der Waals surface area (Å²) in [5.74, 6) is -0.354. The van der Waals surface area contributed by atoms with Crippen molar-refractivity contribution in [2.24, 2.45) is 0 Å². The van der Waals surface area contributed by atoms with Crippen LogP contribution in [0.15, 0.2) is 30.3 Å². The molecule has 1 aromatic carbocycles. The van der Waals surface area contributed by atoms with E-state index in [9.17, 15) is 14.7 Å². The Kier molecular flexibility index (Phi) is 5.95. The van der Waals surface area contributed by atoms with E-state index >= 15 is 0 Å². The van der Waals surface area contributed by atoms with Crippen molar-refractivity contribution in [1.29, 1.82) is 0 Å². The van der Waals surface area contributed by atoms with Gasteiger partial charge in [-0.2, -0.15) is 0 Å². The standard InChI is InChI=1S/C16H22N2O5/c1-17(11-16(21)22)13-9-18(10-14(13)19)15(20)7-8-23-12-5-3-2-4-6-12/h2-6,13-14,19H,7-11H2,1H3,(H,21,22)/t13?,14-/m1/s1. The number of amides is 1. The monoisotopic (exact) mass is 322 g/mol. The highest BCUT2D eigenvalue weighted by molar-refractivity contribution is 5.76. The third-order valence-corrected chi connectivity index (χ3v) is 3.89. The Morgan fingerprint density at radius 2 is 2.00 bits per heavy atom. The molecule has 2 N–H and O–H groups in total. The van der Waals surface area contributed by atoms with E-state index in [2.05, 4.69) is 0 Å². The second kappa shape index (κ2) is 7.94. The van der Waals surface area contributed by atoms with Gasteiger partial charge in [-0.15, -0.1) is 0 Å². The number of carboxylic acid groups (broad SMARTS) is 1. The van der Waals surface area contributed by atoms with Crippen molar-refractivity contribution in [3.05, 3.63) is 30.3 Å². The normalized spacial score (nSPS) is 20.7. The minimum Gasteiger partial charge on any atom is -0.493 e. The van der Waals surface area contributed by atoms with Gasteiger partial charge in [-0.1, -0.05) is 18.2 Å². The summed E-state index contributed by atoms with van der Waals surface area (Å²) in [5.41, 5.74) is 0. The number of benzene rings is 1. The van der Waals surface area contributed by atoms with E-state index in [-0.39, 0.29) is 38.1 Å². The Morgan fingerprint density at radius 1 is 1.30 bits per heavy atom. The van der Waals surface area contributed by atoms with Crippen LogP contribution in [0.2, 0.25) is 0 Å². The fraction of sp³-hybridized carbons (Fsp3) is 0.500. The SMILES string of the molecule is CN(CC(=O)O)C1CN(C(=O)CCOc2ccccc2)C[C@H]1O. The van der Waals surface area contributed by atoms with Crippen LogP contribution in [0.4, 0.5) is 0 Å². The zero-order valence-electron chi connectivity index (χ0n) is 13.1. The van der Waals surface area contributed by atoms with Gasteiger partial charge in [0, 0.05) is 13.1 Å². The van der Waals surface area contributed by atoms with Crippen LogP contribution in [0.25, 0.3) is 0 Å². The predicted octanol–water partition coefficient (Wildman–Crippen LogP) is 0.0436. The molecule has 1 fully saturated rings. The van der Waals surface area contributed by atoms with Crippen molar-refractivity contribution in [3.63, 3.8) is 0 Å². The first kappa shape index (κ1) is 17.2. The second-order valence-electron chi connectivity index (χ2n) is 5.65. The van der Waals surface area contributed by atoms with E-state index < -0.39 is 12.1 Å². The molecule has 0 aromatic heterocycles. The molecule has 0 bridgehead atoms. The highest BCUT2D eigenvalue weighted by atomic mass is 16.5. The highest BCUT2D eigenvalue weighted by Gasteiger charge is 2.36. The molecule has 1 unspecified atom stereocenters. The van der Waals surface area contributed by atoms with Gasteiger partial charge in [0.1, 0.15) is 5.75 Å². The number of likely N-dealkylation sites (N-methyl/N-ethyl adjacent to an activating group) is 1. The van der Waals surface area contributed by atoms with Crippen LogP contribution in [-0.4, -0.2) is 77.3 Å². The van der Waals surface area contributed by atoms with Gasteiger partial charge in [0.2, 0.25) is 5.91 Å². The molecule has 1 heterocycles. The molecular formula is C16H22N2O5. The molecule has 7 heteroatoms. The van der Waals surface area contributed by atoms with Gasteiger partial charge in [0.25, 0.3) is 0 Å². The number of carbonyl (C=O) groups excluding carboxylic acids is 1. The molecule has 1 aliphatic rings. The summed E-state index contributed by atoms with van der Waals surface area (Å²) in [6.45, 7) is 0.653. The first-order chi connectivity index (χ1) is 11.0. The first-order valence-corrected chi connectivity index (χ1v) is 7.53. The molecule has 1 saturated heterocycles. The average molecular weight is 322 g/mol. The molecule has 23 heavy (non-hydrogen) atoms. The van der Waals surface area contributed by atoms with Gasteiger partial charge in [-0.05, 0) is 19.2 Å². The third-order valence-electron chi connectivity index (χ3n) is 3.89. The largest absolute Gasteiger partial charge is 0.493 e. The number of carbonyl (C=O) groups is 2. The lowest BCUT2D eigenvalue weighted by molar-refractivity contribution is -0.138. The van der Waals surface area contributed by atoms with Crippen LogP contribution >= 0.6 is 0 Å². The highest BCUT2D eigenvalue weighted by Crippen LogP contribution is 2.16. The number of β-amino-alcohol motifs (C(OH)–C–C–N with tert-alkyl or cyclic N) is 1. The van der Waals surface area contributed by atoms with Crippen molar-refractivity contribution in [1.82, 2.24) is 9.80 Å². The molecule has 2 atom stereocenters. The summed E-state index contributed by atoms with van der Waals surface area (Å²) >= 11 is 0. The van der Waals surface area contributed by atoms with Gasteiger partial charge in [-0.25, -0.2) is 0 Å². The number of hydrogen-bond acceptors (Lipinski definition) is 5. The number of hydrogen-bond donors (Lipinski definition) is 2. The quantitative estimate of drug-likeness (QED) is 0.737. The molecule has 0 saturated carbocycles. The lowest BCUT2D eigenvalue weighted by atomic mass is 10.2. The van der Waals surface area contributed by atoms with Crippen LogP contribution in [0, 0.1) is 0 Å². The topological polar surface area (TPSA) is 90.3 Å². The van der Waals surface area contributed by atoms with Gasteiger partial charge in [-0.3, -0.25) is 14.5 Å². The minimum absolute atomic E-state index is 0.105. The van der Waals surface area contributed by atoms with E-state index in [0.29, 0.717) is 12.3 Å². The number of ether oxygens (including phenoxy) is 1. The number of aliphatic carboxylic acids is 1. The van der Waals surface area contributed by atoms with E-state index in [4.69, 9.17) is 9.84 Å².